The van der Waals surface area contributed by atoms with Gasteiger partial charge in [-0.1, -0.05) is 20.8 Å². The van der Waals surface area contributed by atoms with Crippen LogP contribution in [-0.4, -0.2) is 59.0 Å². The number of aliphatic hydroxyl groups is 1. The van der Waals surface area contributed by atoms with Crippen LogP contribution in [0.4, 0.5) is 0 Å². The lowest BCUT2D eigenvalue weighted by Gasteiger charge is -2.38. The predicted molar refractivity (Wildman–Crippen MR) is 80.5 cm³/mol. The average Bonchev–Trinajstić information content (AvgIpc) is 2.48. The fourth-order valence-corrected chi connectivity index (χ4v) is 3.22. The van der Waals surface area contributed by atoms with Gasteiger partial charge in [0, 0.05) is 38.0 Å². The van der Waals surface area contributed by atoms with E-state index in [2.05, 4.69) is 0 Å². The standard InChI is InChI=1S/C16H28N2O3/c1-11(2)15(20)17-8-5-13(6-9-17)16(21)18-7-4-12(3)14(19)10-18/h11-14,19H,4-10H2,1-3H3. The highest BCUT2D eigenvalue weighted by molar-refractivity contribution is 5.81. The summed E-state index contributed by atoms with van der Waals surface area (Å²) in [6, 6.07) is 0. The number of aliphatic hydroxyl groups excluding tert-OH is 1. The first-order chi connectivity index (χ1) is 9.90. The van der Waals surface area contributed by atoms with E-state index in [-0.39, 0.29) is 29.6 Å². The molecule has 0 aromatic rings. The van der Waals surface area contributed by atoms with E-state index in [1.807, 2.05) is 30.6 Å². The highest BCUT2D eigenvalue weighted by Crippen LogP contribution is 2.24. The SMILES string of the molecule is CC(C)C(=O)N1CCC(C(=O)N2CCC(C)C(O)C2)CC1. The highest BCUT2D eigenvalue weighted by atomic mass is 16.3. The molecule has 2 heterocycles. The lowest BCUT2D eigenvalue weighted by Crippen LogP contribution is -2.50. The van der Waals surface area contributed by atoms with Gasteiger partial charge in [0.05, 0.1) is 6.10 Å². The second kappa shape index (κ2) is 6.77. The highest BCUT2D eigenvalue weighted by Gasteiger charge is 2.34. The van der Waals surface area contributed by atoms with Crippen molar-refractivity contribution in [3.8, 4) is 0 Å². The van der Waals surface area contributed by atoms with E-state index >= 15 is 0 Å². The topological polar surface area (TPSA) is 60.9 Å². The van der Waals surface area contributed by atoms with Crippen molar-refractivity contribution in [3.05, 3.63) is 0 Å². The summed E-state index contributed by atoms with van der Waals surface area (Å²) in [4.78, 5) is 28.2. The van der Waals surface area contributed by atoms with Crippen molar-refractivity contribution in [2.45, 2.75) is 46.1 Å². The summed E-state index contributed by atoms with van der Waals surface area (Å²) in [5.74, 6) is 0.665. The first-order valence-electron chi connectivity index (χ1n) is 8.15. The van der Waals surface area contributed by atoms with Crippen molar-refractivity contribution in [1.29, 1.82) is 0 Å². The summed E-state index contributed by atoms with van der Waals surface area (Å²) in [6.07, 6.45) is 1.97. The zero-order chi connectivity index (χ0) is 15.6. The predicted octanol–water partition coefficient (Wildman–Crippen LogP) is 1.11. The number of piperidine rings is 2. The zero-order valence-corrected chi connectivity index (χ0v) is 13.4. The number of β-amino-alcohol motifs (C(OH)–C–C–N with tert-alkyl or cyclic N) is 1. The molecule has 0 bridgehead atoms. The van der Waals surface area contributed by atoms with E-state index in [1.54, 1.807) is 0 Å². The smallest absolute Gasteiger partial charge is 0.225 e. The van der Waals surface area contributed by atoms with Crippen molar-refractivity contribution >= 4 is 11.8 Å². The first-order valence-corrected chi connectivity index (χ1v) is 8.15. The maximum absolute atomic E-state index is 12.5. The minimum atomic E-state index is -0.398. The Balaban J connectivity index is 1.85. The quantitative estimate of drug-likeness (QED) is 0.830. The molecule has 2 aliphatic rings. The second-order valence-electron chi connectivity index (χ2n) is 6.87. The second-order valence-corrected chi connectivity index (χ2v) is 6.87. The van der Waals surface area contributed by atoms with E-state index in [4.69, 9.17) is 0 Å². The Morgan fingerprint density at radius 1 is 1.05 bits per heavy atom. The third-order valence-corrected chi connectivity index (χ3v) is 4.88. The number of carbonyl (C=O) groups is 2. The number of nitrogens with zero attached hydrogens (tertiary/aromatic N) is 2. The Hall–Kier alpha value is -1.10. The molecule has 2 saturated heterocycles. The van der Waals surface area contributed by atoms with Gasteiger partial charge >= 0.3 is 0 Å². The van der Waals surface area contributed by atoms with Crippen LogP contribution in [0.15, 0.2) is 0 Å². The fraction of sp³-hybridized carbons (Fsp3) is 0.875. The Labute approximate surface area is 127 Å². The minimum absolute atomic E-state index is 0.0156. The molecule has 0 spiro atoms. The van der Waals surface area contributed by atoms with Gasteiger partial charge in [0.1, 0.15) is 0 Å². The molecule has 0 radical (unpaired) electrons. The van der Waals surface area contributed by atoms with E-state index < -0.39 is 6.10 Å². The maximum atomic E-state index is 12.5. The van der Waals surface area contributed by atoms with E-state index in [9.17, 15) is 14.7 Å². The van der Waals surface area contributed by atoms with Crippen molar-refractivity contribution in [2.75, 3.05) is 26.2 Å². The molecule has 0 aromatic heterocycles. The van der Waals surface area contributed by atoms with E-state index in [0.717, 1.165) is 25.8 Å². The van der Waals surface area contributed by atoms with Crippen LogP contribution in [0.3, 0.4) is 0 Å². The number of hydrogen-bond donors (Lipinski definition) is 1. The summed E-state index contributed by atoms with van der Waals surface area (Å²) in [6.45, 7) is 8.43. The molecule has 2 atom stereocenters. The van der Waals surface area contributed by atoms with Crippen LogP contribution < -0.4 is 0 Å². The van der Waals surface area contributed by atoms with E-state index in [0.29, 0.717) is 19.6 Å². The normalized spacial score (nSPS) is 28.0. The van der Waals surface area contributed by atoms with Gasteiger partial charge in [-0.2, -0.15) is 0 Å². The van der Waals surface area contributed by atoms with Crippen molar-refractivity contribution < 1.29 is 14.7 Å². The molecule has 21 heavy (non-hydrogen) atoms. The maximum Gasteiger partial charge on any atom is 0.225 e. The van der Waals surface area contributed by atoms with Crippen molar-refractivity contribution in [1.82, 2.24) is 9.80 Å². The third kappa shape index (κ3) is 3.76. The largest absolute Gasteiger partial charge is 0.391 e. The lowest BCUT2D eigenvalue weighted by molar-refractivity contribution is -0.144. The number of likely N-dealkylation sites (tertiary alicyclic amines) is 2. The molecule has 2 unspecified atom stereocenters. The van der Waals surface area contributed by atoms with Gasteiger partial charge in [0.15, 0.2) is 0 Å². The monoisotopic (exact) mass is 296 g/mol. The van der Waals surface area contributed by atoms with Gasteiger partial charge in [-0.25, -0.2) is 0 Å². The number of rotatable bonds is 2. The van der Waals surface area contributed by atoms with Crippen LogP contribution in [0.25, 0.3) is 0 Å². The Morgan fingerprint density at radius 3 is 2.14 bits per heavy atom. The summed E-state index contributed by atoms with van der Waals surface area (Å²) in [5.41, 5.74) is 0. The van der Waals surface area contributed by atoms with Crippen molar-refractivity contribution in [3.63, 3.8) is 0 Å². The van der Waals surface area contributed by atoms with Crippen LogP contribution in [-0.2, 0) is 9.59 Å². The zero-order valence-electron chi connectivity index (χ0n) is 13.4. The van der Waals surface area contributed by atoms with Crippen LogP contribution in [0.5, 0.6) is 0 Å². The third-order valence-electron chi connectivity index (χ3n) is 4.88. The molecular formula is C16H28N2O3. The molecule has 1 N–H and O–H groups in total. The van der Waals surface area contributed by atoms with E-state index in [1.165, 1.54) is 0 Å². The van der Waals surface area contributed by atoms with Gasteiger partial charge in [0.25, 0.3) is 0 Å². The van der Waals surface area contributed by atoms with Crippen LogP contribution in [0.2, 0.25) is 0 Å². The number of amides is 2. The molecule has 2 aliphatic heterocycles. The minimum Gasteiger partial charge on any atom is -0.391 e. The molecule has 120 valence electrons. The molecule has 5 heteroatoms. The van der Waals surface area contributed by atoms with Crippen molar-refractivity contribution in [2.24, 2.45) is 17.8 Å². The molecule has 2 rings (SSSR count). The summed E-state index contributed by atoms with van der Waals surface area (Å²) < 4.78 is 0. The van der Waals surface area contributed by atoms with Crippen LogP contribution >= 0.6 is 0 Å². The van der Waals surface area contributed by atoms with Gasteiger partial charge in [0.2, 0.25) is 11.8 Å². The summed E-state index contributed by atoms with van der Waals surface area (Å²) in [7, 11) is 0. The fourth-order valence-electron chi connectivity index (χ4n) is 3.22. The Kier molecular flexibility index (Phi) is 5.25. The molecule has 0 aliphatic carbocycles. The first kappa shape index (κ1) is 16.3. The Bertz CT molecular complexity index is 389. The molecular weight excluding hydrogens is 268 g/mol. The van der Waals surface area contributed by atoms with Crippen LogP contribution in [0, 0.1) is 17.8 Å². The summed E-state index contributed by atoms with van der Waals surface area (Å²) in [5, 5.41) is 9.92. The molecule has 2 amide bonds. The van der Waals surface area contributed by atoms with Gasteiger partial charge in [-0.15, -0.1) is 0 Å². The average molecular weight is 296 g/mol. The van der Waals surface area contributed by atoms with Gasteiger partial charge in [-0.3, -0.25) is 9.59 Å². The molecule has 0 aromatic carbocycles. The lowest BCUT2D eigenvalue weighted by atomic mass is 9.91. The van der Waals surface area contributed by atoms with Crippen LogP contribution in [0.1, 0.15) is 40.0 Å². The van der Waals surface area contributed by atoms with Gasteiger partial charge < -0.3 is 14.9 Å². The Morgan fingerprint density at radius 2 is 1.62 bits per heavy atom. The molecule has 5 nitrogen and oxygen atoms in total. The molecule has 2 fully saturated rings. The van der Waals surface area contributed by atoms with Gasteiger partial charge in [-0.05, 0) is 25.2 Å². The molecule has 0 saturated carbocycles. The number of hydrogen-bond acceptors (Lipinski definition) is 3. The summed E-state index contributed by atoms with van der Waals surface area (Å²) >= 11 is 0. The number of carbonyl (C=O) groups excluding carboxylic acids is 2.